The van der Waals surface area contributed by atoms with Gasteiger partial charge in [0.1, 0.15) is 5.82 Å². The third-order valence-electron chi connectivity index (χ3n) is 3.80. The van der Waals surface area contributed by atoms with Gasteiger partial charge in [-0.3, -0.25) is 4.98 Å². The van der Waals surface area contributed by atoms with Crippen LogP contribution in [0.25, 0.3) is 0 Å². The summed E-state index contributed by atoms with van der Waals surface area (Å²) < 4.78 is 4.68. The Morgan fingerprint density at radius 3 is 2.86 bits per heavy atom. The minimum absolute atomic E-state index is 0.248. The molecule has 0 bridgehead atoms. The van der Waals surface area contributed by atoms with Crippen LogP contribution in [0.15, 0.2) is 42.7 Å². The lowest BCUT2D eigenvalue weighted by molar-refractivity contribution is 0.0593. The fraction of sp³-hybridized carbons (Fsp3) is 0.312. The van der Waals surface area contributed by atoms with E-state index in [9.17, 15) is 4.79 Å². The van der Waals surface area contributed by atoms with Crippen molar-refractivity contribution in [1.82, 2.24) is 9.97 Å². The molecule has 0 saturated carbocycles. The molecule has 1 aromatic carbocycles. The lowest BCUT2D eigenvalue weighted by Gasteiger charge is -2.17. The van der Waals surface area contributed by atoms with Crippen LogP contribution in [0.5, 0.6) is 0 Å². The second kappa shape index (κ2) is 5.91. The number of benzene rings is 1. The summed E-state index contributed by atoms with van der Waals surface area (Å²) >= 11 is 0. The first-order chi connectivity index (χ1) is 10.3. The van der Waals surface area contributed by atoms with Gasteiger partial charge in [0.05, 0.1) is 19.5 Å². The normalized spacial score (nSPS) is 17.8. The van der Waals surface area contributed by atoms with Gasteiger partial charge in [0, 0.05) is 19.0 Å². The number of anilines is 1. The molecular weight excluding hydrogens is 266 g/mol. The van der Waals surface area contributed by atoms with E-state index in [-0.39, 0.29) is 5.69 Å². The molecule has 0 amide bonds. The number of aromatic nitrogens is 2. The Kier molecular flexibility index (Phi) is 3.81. The minimum atomic E-state index is -0.455. The first-order valence-corrected chi connectivity index (χ1v) is 6.98. The molecule has 0 N–H and O–H groups in total. The predicted octanol–water partition coefficient (Wildman–Crippen LogP) is 2.26. The standard InChI is InChI=1S/C16H17N3O2/c1-21-16(20)14-9-17-10-15(18-14)19-8-7-13(11-19)12-5-3-2-4-6-12/h2-6,9-10,13H,7-8,11H2,1H3. The lowest BCUT2D eigenvalue weighted by atomic mass is 9.99. The van der Waals surface area contributed by atoms with Gasteiger partial charge in [0.25, 0.3) is 0 Å². The van der Waals surface area contributed by atoms with Crippen molar-refractivity contribution in [3.05, 3.63) is 54.0 Å². The molecule has 21 heavy (non-hydrogen) atoms. The van der Waals surface area contributed by atoms with Crippen molar-refractivity contribution in [2.75, 3.05) is 25.1 Å². The largest absolute Gasteiger partial charge is 0.464 e. The number of nitrogens with zero attached hydrogens (tertiary/aromatic N) is 3. The average molecular weight is 283 g/mol. The third kappa shape index (κ3) is 2.86. The van der Waals surface area contributed by atoms with Crippen LogP contribution in [0.3, 0.4) is 0 Å². The summed E-state index contributed by atoms with van der Waals surface area (Å²) in [5.41, 5.74) is 1.59. The van der Waals surface area contributed by atoms with Crippen molar-refractivity contribution >= 4 is 11.8 Å². The van der Waals surface area contributed by atoms with Gasteiger partial charge in [0.2, 0.25) is 0 Å². The summed E-state index contributed by atoms with van der Waals surface area (Å²) in [5, 5.41) is 0. The monoisotopic (exact) mass is 283 g/mol. The van der Waals surface area contributed by atoms with Gasteiger partial charge in [-0.1, -0.05) is 30.3 Å². The lowest BCUT2D eigenvalue weighted by Crippen LogP contribution is -2.21. The number of esters is 1. The predicted molar refractivity (Wildman–Crippen MR) is 79.4 cm³/mol. The molecule has 1 aliphatic rings. The van der Waals surface area contributed by atoms with Crippen LogP contribution in [0.4, 0.5) is 5.82 Å². The van der Waals surface area contributed by atoms with Crippen LogP contribution in [-0.2, 0) is 4.74 Å². The van der Waals surface area contributed by atoms with Gasteiger partial charge in [-0.2, -0.15) is 0 Å². The summed E-state index contributed by atoms with van der Waals surface area (Å²) in [6, 6.07) is 10.5. The molecule has 2 heterocycles. The van der Waals surface area contributed by atoms with Crippen LogP contribution in [0.1, 0.15) is 28.4 Å². The fourth-order valence-electron chi connectivity index (χ4n) is 2.68. The van der Waals surface area contributed by atoms with E-state index in [0.717, 1.165) is 25.3 Å². The Bertz CT molecular complexity index is 630. The van der Waals surface area contributed by atoms with Gasteiger partial charge in [-0.25, -0.2) is 9.78 Å². The first-order valence-electron chi connectivity index (χ1n) is 6.98. The quantitative estimate of drug-likeness (QED) is 0.809. The Balaban J connectivity index is 1.76. The van der Waals surface area contributed by atoms with Crippen molar-refractivity contribution in [1.29, 1.82) is 0 Å². The summed E-state index contributed by atoms with van der Waals surface area (Å²) in [6.45, 7) is 1.81. The SMILES string of the molecule is COC(=O)c1cncc(N2CCC(c3ccccc3)C2)n1. The molecular formula is C16H17N3O2. The maximum Gasteiger partial charge on any atom is 0.358 e. The average Bonchev–Trinajstić information content (AvgIpc) is 3.05. The van der Waals surface area contributed by atoms with Crippen LogP contribution in [0.2, 0.25) is 0 Å². The molecule has 1 saturated heterocycles. The van der Waals surface area contributed by atoms with E-state index in [1.165, 1.54) is 18.9 Å². The maximum atomic E-state index is 11.5. The summed E-state index contributed by atoms with van der Waals surface area (Å²) in [5.74, 6) is 0.772. The van der Waals surface area contributed by atoms with E-state index >= 15 is 0 Å². The number of methoxy groups -OCH3 is 1. The topological polar surface area (TPSA) is 55.3 Å². The summed E-state index contributed by atoms with van der Waals surface area (Å²) in [7, 11) is 1.35. The molecule has 3 rings (SSSR count). The molecule has 1 aromatic heterocycles. The maximum absolute atomic E-state index is 11.5. The van der Waals surface area contributed by atoms with E-state index in [4.69, 9.17) is 0 Å². The van der Waals surface area contributed by atoms with E-state index in [1.807, 2.05) is 6.07 Å². The highest BCUT2D eigenvalue weighted by Gasteiger charge is 2.25. The van der Waals surface area contributed by atoms with E-state index < -0.39 is 5.97 Å². The molecule has 0 radical (unpaired) electrons. The first kappa shape index (κ1) is 13.5. The van der Waals surface area contributed by atoms with Gasteiger partial charge in [0.15, 0.2) is 5.69 Å². The van der Waals surface area contributed by atoms with Gasteiger partial charge in [-0.15, -0.1) is 0 Å². The zero-order valence-electron chi connectivity index (χ0n) is 11.9. The summed E-state index contributed by atoms with van der Waals surface area (Å²) in [4.78, 5) is 22.1. The molecule has 0 aliphatic carbocycles. The third-order valence-corrected chi connectivity index (χ3v) is 3.80. The van der Waals surface area contributed by atoms with Crippen LogP contribution in [0, 0.1) is 0 Å². The zero-order chi connectivity index (χ0) is 14.7. The zero-order valence-corrected chi connectivity index (χ0v) is 11.9. The second-order valence-electron chi connectivity index (χ2n) is 5.10. The molecule has 0 spiro atoms. The van der Waals surface area contributed by atoms with Crippen LogP contribution < -0.4 is 4.90 Å². The highest BCUT2D eigenvalue weighted by molar-refractivity contribution is 5.87. The van der Waals surface area contributed by atoms with Crippen LogP contribution >= 0.6 is 0 Å². The number of ether oxygens (including phenoxy) is 1. The van der Waals surface area contributed by atoms with Crippen LogP contribution in [-0.4, -0.2) is 36.1 Å². The number of hydrogen-bond acceptors (Lipinski definition) is 5. The summed E-state index contributed by atoms with van der Waals surface area (Å²) in [6.07, 6.45) is 4.20. The van der Waals surface area contributed by atoms with Crippen molar-refractivity contribution in [2.24, 2.45) is 0 Å². The molecule has 5 nitrogen and oxygen atoms in total. The Labute approximate surface area is 123 Å². The molecule has 1 aliphatic heterocycles. The van der Waals surface area contributed by atoms with E-state index in [1.54, 1.807) is 6.20 Å². The molecule has 1 unspecified atom stereocenters. The second-order valence-corrected chi connectivity index (χ2v) is 5.10. The smallest absolute Gasteiger partial charge is 0.358 e. The minimum Gasteiger partial charge on any atom is -0.464 e. The molecule has 108 valence electrons. The highest BCUT2D eigenvalue weighted by Crippen LogP contribution is 2.29. The molecule has 1 atom stereocenters. The van der Waals surface area contributed by atoms with Crippen molar-refractivity contribution in [2.45, 2.75) is 12.3 Å². The number of carbonyl (C=O) groups excluding carboxylic acids is 1. The Hall–Kier alpha value is -2.43. The molecule has 2 aromatic rings. The number of hydrogen-bond donors (Lipinski definition) is 0. The van der Waals surface area contributed by atoms with Gasteiger partial charge < -0.3 is 9.64 Å². The van der Waals surface area contributed by atoms with Gasteiger partial charge in [-0.05, 0) is 12.0 Å². The van der Waals surface area contributed by atoms with E-state index in [0.29, 0.717) is 5.92 Å². The highest BCUT2D eigenvalue weighted by atomic mass is 16.5. The van der Waals surface area contributed by atoms with Crippen molar-refractivity contribution < 1.29 is 9.53 Å². The Morgan fingerprint density at radius 2 is 2.10 bits per heavy atom. The molecule has 5 heteroatoms. The number of rotatable bonds is 3. The Morgan fingerprint density at radius 1 is 1.29 bits per heavy atom. The van der Waals surface area contributed by atoms with E-state index in [2.05, 4.69) is 43.9 Å². The number of carbonyl (C=O) groups is 1. The van der Waals surface area contributed by atoms with Crippen molar-refractivity contribution in [3.63, 3.8) is 0 Å². The van der Waals surface area contributed by atoms with Crippen molar-refractivity contribution in [3.8, 4) is 0 Å². The molecule has 1 fully saturated rings. The van der Waals surface area contributed by atoms with Gasteiger partial charge >= 0.3 is 5.97 Å². The fourth-order valence-corrected chi connectivity index (χ4v) is 2.68.